The van der Waals surface area contributed by atoms with Crippen LogP contribution in [0.2, 0.25) is 0 Å². The molecule has 1 fully saturated rings. The van der Waals surface area contributed by atoms with E-state index < -0.39 is 0 Å². The highest BCUT2D eigenvalue weighted by molar-refractivity contribution is 5.93. The molecule has 26 heavy (non-hydrogen) atoms. The molecule has 3 rings (SSSR count). The molecular weight excluding hydrogens is 335 g/mol. The maximum absolute atomic E-state index is 13.1. The summed E-state index contributed by atoms with van der Waals surface area (Å²) in [6.07, 6.45) is -0.150. The molecular formula is C19H25FN4O2. The molecule has 1 N–H and O–H groups in total. The summed E-state index contributed by atoms with van der Waals surface area (Å²) >= 11 is 0. The summed E-state index contributed by atoms with van der Waals surface area (Å²) in [6, 6.07) is 6.33. The van der Waals surface area contributed by atoms with Gasteiger partial charge in [-0.3, -0.25) is 14.4 Å². The Labute approximate surface area is 152 Å². The number of ether oxygens (including phenoxy) is 1. The second-order valence-electron chi connectivity index (χ2n) is 6.56. The fourth-order valence-corrected chi connectivity index (χ4v) is 3.29. The van der Waals surface area contributed by atoms with Gasteiger partial charge in [0.15, 0.2) is 0 Å². The lowest BCUT2D eigenvalue weighted by molar-refractivity contribution is -0.119. The van der Waals surface area contributed by atoms with Gasteiger partial charge in [0.2, 0.25) is 5.91 Å². The van der Waals surface area contributed by atoms with Crippen molar-refractivity contribution in [2.24, 2.45) is 0 Å². The van der Waals surface area contributed by atoms with Gasteiger partial charge < -0.3 is 10.1 Å². The number of rotatable bonds is 5. The average molecular weight is 360 g/mol. The Bertz CT molecular complexity index is 773. The van der Waals surface area contributed by atoms with Crippen LogP contribution in [0.5, 0.6) is 0 Å². The standard InChI is InChI=1S/C19H25FN4O2/c1-4-24-14(3)19(13(2)22-24)21-18(25)12-23-9-10-26-17(11-23)15-5-7-16(20)8-6-15/h5-8,17H,4,9-12H2,1-3H3,(H,21,25)/t17-/m0/s1. The Morgan fingerprint density at radius 3 is 2.73 bits per heavy atom. The van der Waals surface area contributed by atoms with E-state index in [1.54, 1.807) is 12.1 Å². The van der Waals surface area contributed by atoms with Crippen LogP contribution >= 0.6 is 0 Å². The highest BCUT2D eigenvalue weighted by Crippen LogP contribution is 2.23. The summed E-state index contributed by atoms with van der Waals surface area (Å²) in [7, 11) is 0. The van der Waals surface area contributed by atoms with Gasteiger partial charge in [-0.2, -0.15) is 5.10 Å². The van der Waals surface area contributed by atoms with E-state index in [1.165, 1.54) is 12.1 Å². The quantitative estimate of drug-likeness (QED) is 0.891. The number of hydrogen-bond acceptors (Lipinski definition) is 4. The van der Waals surface area contributed by atoms with E-state index in [9.17, 15) is 9.18 Å². The first-order valence-electron chi connectivity index (χ1n) is 8.91. The number of hydrogen-bond donors (Lipinski definition) is 1. The van der Waals surface area contributed by atoms with Crippen molar-refractivity contribution in [2.75, 3.05) is 31.6 Å². The number of nitrogens with zero attached hydrogens (tertiary/aromatic N) is 3. The minimum absolute atomic E-state index is 0.0633. The third kappa shape index (κ3) is 4.11. The van der Waals surface area contributed by atoms with E-state index in [2.05, 4.69) is 15.3 Å². The average Bonchev–Trinajstić information content (AvgIpc) is 2.90. The number of carbonyl (C=O) groups excluding carboxylic acids is 1. The molecule has 0 radical (unpaired) electrons. The Kier molecular flexibility index (Phi) is 5.68. The van der Waals surface area contributed by atoms with E-state index in [0.29, 0.717) is 19.7 Å². The summed E-state index contributed by atoms with van der Waals surface area (Å²) in [4.78, 5) is 14.5. The van der Waals surface area contributed by atoms with E-state index in [1.807, 2.05) is 25.5 Å². The summed E-state index contributed by atoms with van der Waals surface area (Å²) < 4.78 is 20.8. The van der Waals surface area contributed by atoms with Crippen LogP contribution in [-0.2, 0) is 16.1 Å². The molecule has 140 valence electrons. The van der Waals surface area contributed by atoms with Crippen LogP contribution < -0.4 is 5.32 Å². The first-order valence-corrected chi connectivity index (χ1v) is 8.91. The van der Waals surface area contributed by atoms with Gasteiger partial charge in [-0.15, -0.1) is 0 Å². The molecule has 0 spiro atoms. The topological polar surface area (TPSA) is 59.4 Å². The van der Waals surface area contributed by atoms with Crippen LogP contribution in [0.15, 0.2) is 24.3 Å². The number of anilines is 1. The summed E-state index contributed by atoms with van der Waals surface area (Å²) in [5.41, 5.74) is 3.50. The molecule has 0 aliphatic carbocycles. The van der Waals surface area contributed by atoms with E-state index in [4.69, 9.17) is 4.74 Å². The van der Waals surface area contributed by atoms with Crippen molar-refractivity contribution in [3.05, 3.63) is 47.0 Å². The third-order valence-corrected chi connectivity index (χ3v) is 4.71. The molecule has 0 unspecified atom stereocenters. The smallest absolute Gasteiger partial charge is 0.238 e. The van der Waals surface area contributed by atoms with Crippen LogP contribution in [0.25, 0.3) is 0 Å². The van der Waals surface area contributed by atoms with E-state index in [-0.39, 0.29) is 24.4 Å². The first-order chi connectivity index (χ1) is 12.5. The van der Waals surface area contributed by atoms with Crippen molar-refractivity contribution < 1.29 is 13.9 Å². The maximum atomic E-state index is 13.1. The SMILES string of the molecule is CCn1nc(C)c(NC(=O)CN2CCO[C@H](c3ccc(F)cc3)C2)c1C. The Morgan fingerprint density at radius 2 is 2.08 bits per heavy atom. The number of nitrogens with one attached hydrogen (secondary N) is 1. The Hall–Kier alpha value is -2.25. The van der Waals surface area contributed by atoms with Crippen LogP contribution in [0, 0.1) is 19.7 Å². The van der Waals surface area contributed by atoms with Crippen molar-refractivity contribution >= 4 is 11.6 Å². The van der Waals surface area contributed by atoms with Crippen LogP contribution in [0.4, 0.5) is 10.1 Å². The molecule has 2 aromatic rings. The number of halogens is 1. The molecule has 2 heterocycles. The number of amides is 1. The molecule has 6 nitrogen and oxygen atoms in total. The summed E-state index contributed by atoms with van der Waals surface area (Å²) in [6.45, 7) is 8.77. The van der Waals surface area contributed by atoms with Crippen molar-refractivity contribution in [2.45, 2.75) is 33.4 Å². The number of carbonyl (C=O) groups is 1. The number of morpholine rings is 1. The van der Waals surface area contributed by atoms with E-state index >= 15 is 0 Å². The summed E-state index contributed by atoms with van der Waals surface area (Å²) in [5, 5.41) is 7.41. The van der Waals surface area contributed by atoms with Crippen LogP contribution in [-0.4, -0.2) is 46.8 Å². The molecule has 1 aromatic heterocycles. The highest BCUT2D eigenvalue weighted by Gasteiger charge is 2.24. The lowest BCUT2D eigenvalue weighted by atomic mass is 10.1. The van der Waals surface area contributed by atoms with Crippen LogP contribution in [0.3, 0.4) is 0 Å². The van der Waals surface area contributed by atoms with Gasteiger partial charge >= 0.3 is 0 Å². The molecule has 1 saturated heterocycles. The fourth-order valence-electron chi connectivity index (χ4n) is 3.29. The van der Waals surface area contributed by atoms with Crippen LogP contribution in [0.1, 0.15) is 30.0 Å². The van der Waals surface area contributed by atoms with Gasteiger partial charge in [0.25, 0.3) is 0 Å². The molecule has 7 heteroatoms. The van der Waals surface area contributed by atoms with Gasteiger partial charge in [0.1, 0.15) is 5.82 Å². The lowest BCUT2D eigenvalue weighted by Gasteiger charge is -2.32. The Balaban J connectivity index is 1.60. The molecule has 1 aliphatic heterocycles. The van der Waals surface area contributed by atoms with Crippen molar-refractivity contribution in [3.8, 4) is 0 Å². The predicted octanol–water partition coefficient (Wildman–Crippen LogP) is 2.67. The molecule has 1 aromatic carbocycles. The predicted molar refractivity (Wildman–Crippen MR) is 97.5 cm³/mol. The van der Waals surface area contributed by atoms with Gasteiger partial charge in [-0.25, -0.2) is 4.39 Å². The number of benzene rings is 1. The molecule has 1 aliphatic rings. The van der Waals surface area contributed by atoms with Gasteiger partial charge in [-0.1, -0.05) is 12.1 Å². The van der Waals surface area contributed by atoms with Crippen molar-refractivity contribution in [1.82, 2.24) is 14.7 Å². The largest absolute Gasteiger partial charge is 0.371 e. The zero-order chi connectivity index (χ0) is 18.7. The van der Waals surface area contributed by atoms with E-state index in [0.717, 1.165) is 29.2 Å². The summed E-state index contributed by atoms with van der Waals surface area (Å²) in [5.74, 6) is -0.328. The minimum atomic E-state index is -0.265. The normalized spacial score (nSPS) is 18.1. The zero-order valence-electron chi connectivity index (χ0n) is 15.5. The fraction of sp³-hybridized carbons (Fsp3) is 0.474. The monoisotopic (exact) mass is 360 g/mol. The molecule has 1 atom stereocenters. The van der Waals surface area contributed by atoms with Crippen molar-refractivity contribution in [3.63, 3.8) is 0 Å². The highest BCUT2D eigenvalue weighted by atomic mass is 19.1. The molecule has 1 amide bonds. The Morgan fingerprint density at radius 1 is 1.35 bits per heavy atom. The van der Waals surface area contributed by atoms with Gasteiger partial charge in [-0.05, 0) is 38.5 Å². The minimum Gasteiger partial charge on any atom is -0.371 e. The number of aryl methyl sites for hydroxylation is 2. The first kappa shape index (κ1) is 18.5. The zero-order valence-corrected chi connectivity index (χ0v) is 15.5. The second kappa shape index (κ2) is 7.97. The van der Waals surface area contributed by atoms with Crippen molar-refractivity contribution in [1.29, 1.82) is 0 Å². The third-order valence-electron chi connectivity index (χ3n) is 4.71. The van der Waals surface area contributed by atoms with Gasteiger partial charge in [0.05, 0.1) is 36.3 Å². The molecule has 0 saturated carbocycles. The number of aromatic nitrogens is 2. The molecule has 0 bridgehead atoms. The second-order valence-corrected chi connectivity index (χ2v) is 6.56. The lowest BCUT2D eigenvalue weighted by Crippen LogP contribution is -2.42. The van der Waals surface area contributed by atoms with Gasteiger partial charge in [0, 0.05) is 19.6 Å². The maximum Gasteiger partial charge on any atom is 0.238 e.